The standard InChI is InChI=1S/C18H17N3O6/c1-9-7-20(18(26)19-15(9)23)14-6-12(22)13(27-14)8-21-16(24)10-4-2-3-5-11(10)17(21)25/h2-5,7,12-14,22H,6,8H2,1H3,(H,19,23,26)/t12-,13+,14+/m0/s1. The monoisotopic (exact) mass is 371 g/mol. The van der Waals surface area contributed by atoms with Crippen LogP contribution in [-0.2, 0) is 4.74 Å². The molecule has 0 aliphatic carbocycles. The molecule has 2 aromatic rings. The number of nitrogens with zero attached hydrogens (tertiary/aromatic N) is 2. The molecular formula is C18H17N3O6. The summed E-state index contributed by atoms with van der Waals surface area (Å²) in [5, 5.41) is 10.3. The Bertz CT molecular complexity index is 1020. The molecule has 4 rings (SSSR count). The predicted octanol–water partition coefficient (Wildman–Crippen LogP) is -0.210. The van der Waals surface area contributed by atoms with Gasteiger partial charge in [0.25, 0.3) is 17.4 Å². The van der Waals surface area contributed by atoms with Gasteiger partial charge < -0.3 is 9.84 Å². The molecule has 0 saturated carbocycles. The van der Waals surface area contributed by atoms with Crippen LogP contribution in [0.25, 0.3) is 0 Å². The number of aryl methyl sites for hydroxylation is 1. The lowest BCUT2D eigenvalue weighted by Crippen LogP contribution is -2.40. The second kappa shape index (κ2) is 6.29. The maximum atomic E-state index is 12.5. The van der Waals surface area contributed by atoms with Crippen molar-refractivity contribution in [2.24, 2.45) is 0 Å². The van der Waals surface area contributed by atoms with Gasteiger partial charge in [-0.3, -0.25) is 28.8 Å². The lowest BCUT2D eigenvalue weighted by atomic mass is 10.1. The van der Waals surface area contributed by atoms with Crippen LogP contribution in [0.15, 0.2) is 40.1 Å². The van der Waals surface area contributed by atoms with Crippen molar-refractivity contribution in [2.75, 3.05) is 6.54 Å². The van der Waals surface area contributed by atoms with Gasteiger partial charge in [-0.05, 0) is 19.1 Å². The molecule has 1 aromatic carbocycles. The molecule has 2 aliphatic heterocycles. The van der Waals surface area contributed by atoms with Crippen LogP contribution in [0, 0.1) is 6.92 Å². The molecular weight excluding hydrogens is 354 g/mol. The van der Waals surface area contributed by atoms with E-state index >= 15 is 0 Å². The van der Waals surface area contributed by atoms with Crippen molar-refractivity contribution >= 4 is 11.8 Å². The number of fused-ring (bicyclic) bond motifs is 1. The molecule has 2 aliphatic rings. The first kappa shape index (κ1) is 17.4. The molecule has 9 nitrogen and oxygen atoms in total. The Morgan fingerprint density at radius 2 is 1.78 bits per heavy atom. The van der Waals surface area contributed by atoms with E-state index in [1.807, 2.05) is 0 Å². The predicted molar refractivity (Wildman–Crippen MR) is 92.4 cm³/mol. The number of imide groups is 1. The van der Waals surface area contributed by atoms with Gasteiger partial charge in [-0.1, -0.05) is 12.1 Å². The Hall–Kier alpha value is -3.04. The van der Waals surface area contributed by atoms with Crippen molar-refractivity contribution in [3.05, 3.63) is 68.0 Å². The van der Waals surface area contributed by atoms with E-state index in [1.54, 1.807) is 31.2 Å². The first-order valence-corrected chi connectivity index (χ1v) is 8.47. The summed E-state index contributed by atoms with van der Waals surface area (Å²) in [5.41, 5.74) is -0.170. The number of aromatic nitrogens is 2. The van der Waals surface area contributed by atoms with Crippen molar-refractivity contribution in [1.29, 1.82) is 0 Å². The summed E-state index contributed by atoms with van der Waals surface area (Å²) < 4.78 is 6.93. The number of aliphatic hydroxyl groups is 1. The Balaban J connectivity index is 1.55. The number of amides is 2. The summed E-state index contributed by atoms with van der Waals surface area (Å²) in [7, 11) is 0. The molecule has 2 N–H and O–H groups in total. The number of aliphatic hydroxyl groups excluding tert-OH is 1. The van der Waals surface area contributed by atoms with E-state index < -0.39 is 41.5 Å². The Morgan fingerprint density at radius 3 is 2.41 bits per heavy atom. The van der Waals surface area contributed by atoms with Gasteiger partial charge in [-0.2, -0.15) is 0 Å². The molecule has 0 bridgehead atoms. The number of hydrogen-bond acceptors (Lipinski definition) is 6. The van der Waals surface area contributed by atoms with Gasteiger partial charge in [-0.15, -0.1) is 0 Å². The SMILES string of the molecule is Cc1cn([C@H]2C[C@H](O)[C@@H](CN3C(=O)c4ccccc4C3=O)O2)c(=O)[nH]c1=O. The average Bonchev–Trinajstić information content (AvgIpc) is 3.12. The van der Waals surface area contributed by atoms with Crippen molar-refractivity contribution < 1.29 is 19.4 Å². The number of benzene rings is 1. The third-order valence-corrected chi connectivity index (χ3v) is 4.90. The van der Waals surface area contributed by atoms with Gasteiger partial charge in [0.15, 0.2) is 0 Å². The zero-order valence-electron chi connectivity index (χ0n) is 14.4. The van der Waals surface area contributed by atoms with Crippen LogP contribution in [0.2, 0.25) is 0 Å². The third kappa shape index (κ3) is 2.81. The van der Waals surface area contributed by atoms with Gasteiger partial charge >= 0.3 is 5.69 Å². The summed E-state index contributed by atoms with van der Waals surface area (Å²) >= 11 is 0. The van der Waals surface area contributed by atoms with Crippen molar-refractivity contribution in [1.82, 2.24) is 14.5 Å². The second-order valence-electron chi connectivity index (χ2n) is 6.68. The van der Waals surface area contributed by atoms with Crippen LogP contribution in [0.3, 0.4) is 0 Å². The zero-order valence-corrected chi connectivity index (χ0v) is 14.4. The topological polar surface area (TPSA) is 122 Å². The van der Waals surface area contributed by atoms with Crippen molar-refractivity contribution in [3.63, 3.8) is 0 Å². The van der Waals surface area contributed by atoms with E-state index in [0.29, 0.717) is 16.7 Å². The summed E-state index contributed by atoms with van der Waals surface area (Å²) in [6.45, 7) is 1.43. The van der Waals surface area contributed by atoms with E-state index in [9.17, 15) is 24.3 Å². The highest BCUT2D eigenvalue weighted by molar-refractivity contribution is 6.21. The number of aromatic amines is 1. The Kier molecular flexibility index (Phi) is 4.05. The third-order valence-electron chi connectivity index (χ3n) is 4.90. The van der Waals surface area contributed by atoms with Gasteiger partial charge in [0, 0.05) is 18.2 Å². The minimum atomic E-state index is -0.974. The quantitative estimate of drug-likeness (QED) is 0.720. The fraction of sp³-hybridized carbons (Fsp3) is 0.333. The van der Waals surface area contributed by atoms with Crippen LogP contribution in [0.1, 0.15) is 38.9 Å². The largest absolute Gasteiger partial charge is 0.390 e. The highest BCUT2D eigenvalue weighted by atomic mass is 16.5. The fourth-order valence-electron chi connectivity index (χ4n) is 3.44. The molecule has 1 aromatic heterocycles. The van der Waals surface area contributed by atoms with Crippen molar-refractivity contribution in [2.45, 2.75) is 31.8 Å². The second-order valence-corrected chi connectivity index (χ2v) is 6.68. The van der Waals surface area contributed by atoms with Crippen molar-refractivity contribution in [3.8, 4) is 0 Å². The number of hydrogen-bond donors (Lipinski definition) is 2. The van der Waals surface area contributed by atoms with Crippen LogP contribution in [-0.4, -0.2) is 50.1 Å². The molecule has 140 valence electrons. The van der Waals surface area contributed by atoms with E-state index in [0.717, 1.165) is 4.90 Å². The van der Waals surface area contributed by atoms with E-state index in [1.165, 1.54) is 10.8 Å². The molecule has 0 unspecified atom stereocenters. The Labute approximate surface area is 152 Å². The number of rotatable bonds is 3. The number of carbonyl (C=O) groups is 2. The maximum absolute atomic E-state index is 12.5. The normalized spacial score (nSPS) is 24.5. The van der Waals surface area contributed by atoms with Crippen LogP contribution < -0.4 is 11.2 Å². The summed E-state index contributed by atoms with van der Waals surface area (Å²) in [4.78, 5) is 51.7. The lowest BCUT2D eigenvalue weighted by Gasteiger charge is -2.21. The highest BCUT2D eigenvalue weighted by Gasteiger charge is 2.42. The number of H-pyrrole nitrogens is 1. The zero-order chi connectivity index (χ0) is 19.3. The molecule has 0 spiro atoms. The smallest absolute Gasteiger partial charge is 0.330 e. The first-order valence-electron chi connectivity index (χ1n) is 8.47. The summed E-state index contributed by atoms with van der Waals surface area (Å²) in [6.07, 6.45) is -1.15. The van der Waals surface area contributed by atoms with Gasteiger partial charge in [-0.25, -0.2) is 4.79 Å². The Morgan fingerprint density at radius 1 is 1.15 bits per heavy atom. The minimum absolute atomic E-state index is 0.0965. The molecule has 27 heavy (non-hydrogen) atoms. The van der Waals surface area contributed by atoms with Gasteiger partial charge in [0.2, 0.25) is 0 Å². The van der Waals surface area contributed by atoms with Crippen LogP contribution >= 0.6 is 0 Å². The van der Waals surface area contributed by atoms with E-state index in [4.69, 9.17) is 4.74 Å². The molecule has 0 radical (unpaired) electrons. The summed E-state index contributed by atoms with van der Waals surface area (Å²) in [6, 6.07) is 6.50. The molecule has 3 atom stereocenters. The van der Waals surface area contributed by atoms with E-state index in [-0.39, 0.29) is 13.0 Å². The van der Waals surface area contributed by atoms with Crippen LogP contribution in [0.5, 0.6) is 0 Å². The number of ether oxygens (including phenoxy) is 1. The summed E-state index contributed by atoms with van der Waals surface area (Å²) in [5.74, 6) is -0.876. The number of nitrogens with one attached hydrogen (secondary N) is 1. The maximum Gasteiger partial charge on any atom is 0.330 e. The molecule has 1 saturated heterocycles. The van der Waals surface area contributed by atoms with E-state index in [2.05, 4.69) is 4.98 Å². The molecule has 2 amide bonds. The fourth-order valence-corrected chi connectivity index (χ4v) is 3.44. The van der Waals surface area contributed by atoms with Gasteiger partial charge in [0.05, 0.1) is 23.8 Å². The van der Waals surface area contributed by atoms with Crippen LogP contribution in [0.4, 0.5) is 0 Å². The molecule has 3 heterocycles. The lowest BCUT2D eigenvalue weighted by molar-refractivity contribution is -0.0305. The first-order chi connectivity index (χ1) is 12.9. The number of carbonyl (C=O) groups excluding carboxylic acids is 2. The van der Waals surface area contributed by atoms with Gasteiger partial charge in [0.1, 0.15) is 12.3 Å². The molecule has 1 fully saturated rings. The molecule has 9 heteroatoms. The average molecular weight is 371 g/mol. The minimum Gasteiger partial charge on any atom is -0.390 e. The highest BCUT2D eigenvalue weighted by Crippen LogP contribution is 2.30.